The molecule has 0 amide bonds. The van der Waals surface area contributed by atoms with E-state index in [4.69, 9.17) is 5.53 Å². The molecule has 0 aliphatic heterocycles. The summed E-state index contributed by atoms with van der Waals surface area (Å²) >= 11 is 0. The van der Waals surface area contributed by atoms with Crippen LogP contribution in [0.3, 0.4) is 0 Å². The van der Waals surface area contributed by atoms with E-state index >= 15 is 0 Å². The number of nitrogens with zero attached hydrogens (tertiary/aromatic N) is 5. The standard InChI is InChI=1S/C13H12N6/c14-9-13(17-6-7-18-19-15)11-3-4-12-10(8-11)2-1-5-16-12/h1-5,8,13,17H,6-7H2. The van der Waals surface area contributed by atoms with Gasteiger partial charge in [0.1, 0.15) is 6.04 Å². The number of nitriles is 1. The highest BCUT2D eigenvalue weighted by atomic mass is 15.1. The highest BCUT2D eigenvalue weighted by Gasteiger charge is 2.09. The molecule has 1 aromatic heterocycles. The average Bonchev–Trinajstić information content (AvgIpc) is 2.47. The predicted octanol–water partition coefficient (Wildman–Crippen LogP) is 2.70. The highest BCUT2D eigenvalue weighted by molar-refractivity contribution is 5.79. The Morgan fingerprint density at radius 1 is 1.47 bits per heavy atom. The van der Waals surface area contributed by atoms with Gasteiger partial charge in [-0.2, -0.15) is 5.26 Å². The number of pyridine rings is 1. The van der Waals surface area contributed by atoms with E-state index in [9.17, 15) is 5.26 Å². The molecule has 0 saturated heterocycles. The van der Waals surface area contributed by atoms with E-state index in [0.717, 1.165) is 16.5 Å². The van der Waals surface area contributed by atoms with Crippen LogP contribution in [-0.2, 0) is 0 Å². The minimum atomic E-state index is -0.418. The molecule has 0 bridgehead atoms. The summed E-state index contributed by atoms with van der Waals surface area (Å²) in [5.74, 6) is 0. The third-order valence-corrected chi connectivity index (χ3v) is 2.71. The molecule has 1 unspecified atom stereocenters. The fourth-order valence-electron chi connectivity index (χ4n) is 1.82. The molecule has 0 aliphatic rings. The number of hydrogen-bond acceptors (Lipinski definition) is 4. The van der Waals surface area contributed by atoms with Crippen molar-refractivity contribution in [3.8, 4) is 6.07 Å². The predicted molar refractivity (Wildman–Crippen MR) is 72.1 cm³/mol. The molecule has 0 radical (unpaired) electrons. The summed E-state index contributed by atoms with van der Waals surface area (Å²) in [4.78, 5) is 6.90. The fourth-order valence-corrected chi connectivity index (χ4v) is 1.82. The molecule has 94 valence electrons. The van der Waals surface area contributed by atoms with E-state index in [1.165, 1.54) is 0 Å². The third-order valence-electron chi connectivity index (χ3n) is 2.71. The van der Waals surface area contributed by atoms with Crippen molar-refractivity contribution in [1.29, 1.82) is 5.26 Å². The van der Waals surface area contributed by atoms with Gasteiger partial charge in [0.25, 0.3) is 0 Å². The van der Waals surface area contributed by atoms with Gasteiger partial charge < -0.3 is 0 Å². The van der Waals surface area contributed by atoms with Gasteiger partial charge in [0.2, 0.25) is 0 Å². The van der Waals surface area contributed by atoms with Gasteiger partial charge in [-0.25, -0.2) is 0 Å². The summed E-state index contributed by atoms with van der Waals surface area (Å²) in [5.41, 5.74) is 9.96. The van der Waals surface area contributed by atoms with Gasteiger partial charge in [-0.3, -0.25) is 10.3 Å². The second-order valence-corrected chi connectivity index (χ2v) is 3.93. The number of fused-ring (bicyclic) bond motifs is 1. The summed E-state index contributed by atoms with van der Waals surface area (Å²) in [5, 5.41) is 16.6. The van der Waals surface area contributed by atoms with E-state index in [1.54, 1.807) is 6.20 Å². The van der Waals surface area contributed by atoms with Crippen molar-refractivity contribution in [2.75, 3.05) is 13.1 Å². The van der Waals surface area contributed by atoms with Gasteiger partial charge in [-0.05, 0) is 29.3 Å². The molecule has 1 atom stereocenters. The van der Waals surface area contributed by atoms with Crippen molar-refractivity contribution in [3.05, 3.63) is 52.5 Å². The first-order valence-electron chi connectivity index (χ1n) is 5.83. The molecule has 1 aromatic carbocycles. The van der Waals surface area contributed by atoms with Crippen LogP contribution < -0.4 is 5.32 Å². The summed E-state index contributed by atoms with van der Waals surface area (Å²) in [6, 6.07) is 11.3. The molecule has 0 spiro atoms. The number of rotatable bonds is 5. The Morgan fingerprint density at radius 3 is 3.16 bits per heavy atom. The number of hydrogen-bond donors (Lipinski definition) is 1. The lowest BCUT2D eigenvalue weighted by atomic mass is 10.1. The highest BCUT2D eigenvalue weighted by Crippen LogP contribution is 2.18. The van der Waals surface area contributed by atoms with Crippen LogP contribution in [0.15, 0.2) is 41.6 Å². The van der Waals surface area contributed by atoms with Crippen LogP contribution in [0.2, 0.25) is 0 Å². The van der Waals surface area contributed by atoms with Crippen LogP contribution in [0.5, 0.6) is 0 Å². The number of azide groups is 1. The number of nitrogens with one attached hydrogen (secondary N) is 1. The number of aromatic nitrogens is 1. The first-order chi connectivity index (χ1) is 9.35. The van der Waals surface area contributed by atoms with Crippen LogP contribution >= 0.6 is 0 Å². The smallest absolute Gasteiger partial charge is 0.121 e. The zero-order valence-electron chi connectivity index (χ0n) is 10.2. The topological polar surface area (TPSA) is 97.5 Å². The van der Waals surface area contributed by atoms with E-state index in [-0.39, 0.29) is 0 Å². The molecule has 0 saturated carbocycles. The van der Waals surface area contributed by atoms with E-state index < -0.39 is 6.04 Å². The van der Waals surface area contributed by atoms with E-state index in [2.05, 4.69) is 26.4 Å². The molecule has 2 rings (SSSR count). The van der Waals surface area contributed by atoms with Crippen molar-refractivity contribution >= 4 is 10.9 Å². The maximum Gasteiger partial charge on any atom is 0.121 e. The fraction of sp³-hybridized carbons (Fsp3) is 0.231. The Labute approximate surface area is 110 Å². The molecule has 1 heterocycles. The van der Waals surface area contributed by atoms with Gasteiger partial charge in [0.05, 0.1) is 11.6 Å². The van der Waals surface area contributed by atoms with Crippen LogP contribution in [0.4, 0.5) is 0 Å². The normalized spacial score (nSPS) is 11.5. The van der Waals surface area contributed by atoms with Crippen molar-refractivity contribution < 1.29 is 0 Å². The summed E-state index contributed by atoms with van der Waals surface area (Å²) in [6.45, 7) is 0.789. The zero-order chi connectivity index (χ0) is 13.5. The monoisotopic (exact) mass is 252 g/mol. The maximum absolute atomic E-state index is 9.18. The zero-order valence-corrected chi connectivity index (χ0v) is 10.2. The average molecular weight is 252 g/mol. The molecule has 0 aliphatic carbocycles. The number of benzene rings is 1. The molecule has 19 heavy (non-hydrogen) atoms. The van der Waals surface area contributed by atoms with Gasteiger partial charge >= 0.3 is 0 Å². The van der Waals surface area contributed by atoms with Gasteiger partial charge in [0, 0.05) is 29.6 Å². The summed E-state index contributed by atoms with van der Waals surface area (Å²) < 4.78 is 0. The molecule has 2 aromatic rings. The Kier molecular flexibility index (Phi) is 4.29. The van der Waals surface area contributed by atoms with Crippen LogP contribution in [0.1, 0.15) is 11.6 Å². The minimum absolute atomic E-state index is 0.323. The van der Waals surface area contributed by atoms with E-state index in [1.807, 2.05) is 30.3 Å². The van der Waals surface area contributed by atoms with E-state index in [0.29, 0.717) is 13.1 Å². The molecule has 1 N–H and O–H groups in total. The van der Waals surface area contributed by atoms with Crippen molar-refractivity contribution in [2.45, 2.75) is 6.04 Å². The van der Waals surface area contributed by atoms with Gasteiger partial charge in [-0.1, -0.05) is 17.2 Å². The lowest BCUT2D eigenvalue weighted by Gasteiger charge is -2.11. The van der Waals surface area contributed by atoms with Crippen LogP contribution in [-0.4, -0.2) is 18.1 Å². The van der Waals surface area contributed by atoms with Crippen molar-refractivity contribution in [3.63, 3.8) is 0 Å². The summed E-state index contributed by atoms with van der Waals surface area (Å²) in [7, 11) is 0. The minimum Gasteiger partial charge on any atom is -0.298 e. The second-order valence-electron chi connectivity index (χ2n) is 3.93. The van der Waals surface area contributed by atoms with Crippen molar-refractivity contribution in [2.24, 2.45) is 5.11 Å². The van der Waals surface area contributed by atoms with Gasteiger partial charge in [-0.15, -0.1) is 0 Å². The second kappa shape index (κ2) is 6.36. The Balaban J connectivity index is 2.16. The van der Waals surface area contributed by atoms with Crippen LogP contribution in [0, 0.1) is 11.3 Å². The molecule has 6 nitrogen and oxygen atoms in total. The van der Waals surface area contributed by atoms with Gasteiger partial charge in [0.15, 0.2) is 0 Å². The maximum atomic E-state index is 9.18. The molecule has 0 fully saturated rings. The van der Waals surface area contributed by atoms with Crippen molar-refractivity contribution in [1.82, 2.24) is 10.3 Å². The Hall–Kier alpha value is -2.61. The molecule has 6 heteroatoms. The molecular formula is C13H12N6. The lowest BCUT2D eigenvalue weighted by Crippen LogP contribution is -2.22. The van der Waals surface area contributed by atoms with Crippen LogP contribution in [0.25, 0.3) is 21.3 Å². The third kappa shape index (κ3) is 3.19. The molecular weight excluding hydrogens is 240 g/mol. The Bertz CT molecular complexity index is 653. The first-order valence-corrected chi connectivity index (χ1v) is 5.83. The first kappa shape index (κ1) is 12.8. The SMILES string of the molecule is N#CC(NCCN=[N+]=[N-])c1ccc2ncccc2c1. The lowest BCUT2D eigenvalue weighted by molar-refractivity contribution is 0.636. The Morgan fingerprint density at radius 2 is 2.37 bits per heavy atom. The largest absolute Gasteiger partial charge is 0.298 e. The summed E-state index contributed by atoms with van der Waals surface area (Å²) in [6.07, 6.45) is 1.74. The quantitative estimate of drug-likeness (QED) is 0.383.